The standard InChI is InChI=1S/C25H31FN2O3/c1-31-23(29)14-16-25(21-10-12-22(26)13-11-21)15-6-18-28(19-25)24(30)27-17-5-9-20-7-3-2-4-8-20/h2-4,7-8,10-13H,5-6,9,14-19H2,1H3,(H,27,30). The summed E-state index contributed by atoms with van der Waals surface area (Å²) in [6.45, 7) is 1.78. The van der Waals surface area contributed by atoms with Crippen LogP contribution in [0.4, 0.5) is 9.18 Å². The second kappa shape index (κ2) is 10.9. The van der Waals surface area contributed by atoms with Gasteiger partial charge in [0.25, 0.3) is 0 Å². The highest BCUT2D eigenvalue weighted by Gasteiger charge is 2.39. The molecule has 1 aliphatic rings. The Balaban J connectivity index is 1.62. The molecule has 166 valence electrons. The van der Waals surface area contributed by atoms with Crippen LogP contribution in [-0.4, -0.2) is 43.6 Å². The van der Waals surface area contributed by atoms with Gasteiger partial charge in [-0.2, -0.15) is 0 Å². The molecule has 0 aromatic heterocycles. The first-order chi connectivity index (χ1) is 15.0. The Morgan fingerprint density at radius 3 is 2.58 bits per heavy atom. The molecule has 3 rings (SSSR count). The number of amides is 2. The van der Waals surface area contributed by atoms with Gasteiger partial charge >= 0.3 is 12.0 Å². The molecule has 1 atom stereocenters. The first-order valence-electron chi connectivity index (χ1n) is 10.9. The Bertz CT molecular complexity index is 857. The smallest absolute Gasteiger partial charge is 0.317 e. The van der Waals surface area contributed by atoms with Crippen LogP contribution in [0.1, 0.15) is 43.2 Å². The van der Waals surface area contributed by atoms with Crippen molar-refractivity contribution in [2.75, 3.05) is 26.7 Å². The first-order valence-corrected chi connectivity index (χ1v) is 10.9. The van der Waals surface area contributed by atoms with E-state index in [1.165, 1.54) is 24.8 Å². The summed E-state index contributed by atoms with van der Waals surface area (Å²) in [5.41, 5.74) is 1.83. The third-order valence-corrected chi connectivity index (χ3v) is 6.12. The van der Waals surface area contributed by atoms with Crippen molar-refractivity contribution in [1.82, 2.24) is 10.2 Å². The largest absolute Gasteiger partial charge is 0.469 e. The Kier molecular flexibility index (Phi) is 8.04. The summed E-state index contributed by atoms with van der Waals surface area (Å²) in [6.07, 6.45) is 4.28. The van der Waals surface area contributed by atoms with E-state index < -0.39 is 0 Å². The van der Waals surface area contributed by atoms with Crippen LogP contribution >= 0.6 is 0 Å². The number of likely N-dealkylation sites (tertiary alicyclic amines) is 1. The highest BCUT2D eigenvalue weighted by Crippen LogP contribution is 2.38. The van der Waals surface area contributed by atoms with Crippen LogP contribution in [0.2, 0.25) is 0 Å². The zero-order valence-corrected chi connectivity index (χ0v) is 18.1. The second-order valence-corrected chi connectivity index (χ2v) is 8.21. The van der Waals surface area contributed by atoms with Crippen molar-refractivity contribution in [2.24, 2.45) is 0 Å². The lowest BCUT2D eigenvalue weighted by Gasteiger charge is -2.43. The maximum absolute atomic E-state index is 13.5. The van der Waals surface area contributed by atoms with Crippen LogP contribution in [0.25, 0.3) is 0 Å². The zero-order chi connectivity index (χ0) is 22.1. The van der Waals surface area contributed by atoms with Gasteiger partial charge in [-0.15, -0.1) is 0 Å². The maximum Gasteiger partial charge on any atom is 0.317 e. The number of hydrogen-bond donors (Lipinski definition) is 1. The van der Waals surface area contributed by atoms with E-state index in [9.17, 15) is 14.0 Å². The molecule has 2 aromatic carbocycles. The van der Waals surface area contributed by atoms with Gasteiger partial charge in [-0.05, 0) is 55.4 Å². The lowest BCUT2D eigenvalue weighted by molar-refractivity contribution is -0.141. The van der Waals surface area contributed by atoms with Gasteiger partial charge in [0.15, 0.2) is 0 Å². The van der Waals surface area contributed by atoms with Crippen molar-refractivity contribution in [2.45, 2.75) is 43.9 Å². The quantitative estimate of drug-likeness (QED) is 0.501. The molecule has 0 aliphatic carbocycles. The Morgan fingerprint density at radius 2 is 1.87 bits per heavy atom. The average molecular weight is 427 g/mol. The van der Waals surface area contributed by atoms with Crippen LogP contribution in [-0.2, 0) is 21.4 Å². The van der Waals surface area contributed by atoms with Gasteiger partial charge in [-0.1, -0.05) is 42.5 Å². The third kappa shape index (κ3) is 6.29. The first kappa shape index (κ1) is 22.8. The molecule has 31 heavy (non-hydrogen) atoms. The van der Waals surface area contributed by atoms with E-state index in [2.05, 4.69) is 17.4 Å². The van der Waals surface area contributed by atoms with Crippen LogP contribution in [0, 0.1) is 5.82 Å². The molecule has 6 heteroatoms. The van der Waals surface area contributed by atoms with Crippen molar-refractivity contribution in [3.05, 3.63) is 71.5 Å². The van der Waals surface area contributed by atoms with E-state index in [1.54, 1.807) is 12.1 Å². The average Bonchev–Trinajstić information content (AvgIpc) is 2.81. The number of piperidine rings is 1. The molecule has 2 aromatic rings. The van der Waals surface area contributed by atoms with E-state index in [0.717, 1.165) is 31.2 Å². The molecule has 1 aliphatic heterocycles. The monoisotopic (exact) mass is 426 g/mol. The number of nitrogens with one attached hydrogen (secondary N) is 1. The predicted octanol–water partition coefficient (Wildman–Crippen LogP) is 4.45. The molecule has 1 N–H and O–H groups in total. The summed E-state index contributed by atoms with van der Waals surface area (Å²) < 4.78 is 18.3. The van der Waals surface area contributed by atoms with E-state index in [0.29, 0.717) is 26.1 Å². The van der Waals surface area contributed by atoms with Crippen LogP contribution in [0.5, 0.6) is 0 Å². The van der Waals surface area contributed by atoms with E-state index in [1.807, 2.05) is 23.1 Å². The fourth-order valence-corrected chi connectivity index (χ4v) is 4.38. The molecule has 0 spiro atoms. The molecule has 1 saturated heterocycles. The van der Waals surface area contributed by atoms with Crippen LogP contribution < -0.4 is 5.32 Å². The van der Waals surface area contributed by atoms with Gasteiger partial charge in [0.2, 0.25) is 0 Å². The predicted molar refractivity (Wildman–Crippen MR) is 118 cm³/mol. The number of hydrogen-bond acceptors (Lipinski definition) is 3. The molecule has 0 saturated carbocycles. The molecule has 0 bridgehead atoms. The number of carbonyl (C=O) groups is 2. The fourth-order valence-electron chi connectivity index (χ4n) is 4.38. The van der Waals surface area contributed by atoms with Crippen molar-refractivity contribution in [3.63, 3.8) is 0 Å². The van der Waals surface area contributed by atoms with Gasteiger partial charge in [-0.25, -0.2) is 9.18 Å². The van der Waals surface area contributed by atoms with Gasteiger partial charge in [-0.3, -0.25) is 4.79 Å². The highest BCUT2D eigenvalue weighted by molar-refractivity contribution is 5.74. The Morgan fingerprint density at radius 1 is 1.13 bits per heavy atom. The molecule has 1 unspecified atom stereocenters. The molecule has 0 radical (unpaired) electrons. The number of nitrogens with zero attached hydrogens (tertiary/aromatic N) is 1. The second-order valence-electron chi connectivity index (χ2n) is 8.21. The molecule has 2 amide bonds. The minimum Gasteiger partial charge on any atom is -0.469 e. The molecule has 1 heterocycles. The number of urea groups is 1. The summed E-state index contributed by atoms with van der Waals surface area (Å²) >= 11 is 0. The lowest BCUT2D eigenvalue weighted by atomic mass is 9.71. The number of ether oxygens (including phenoxy) is 1. The number of aryl methyl sites for hydroxylation is 1. The minimum absolute atomic E-state index is 0.0858. The van der Waals surface area contributed by atoms with Crippen molar-refractivity contribution in [3.8, 4) is 0 Å². The summed E-state index contributed by atoms with van der Waals surface area (Å²) in [7, 11) is 1.38. The van der Waals surface area contributed by atoms with Gasteiger partial charge in [0.05, 0.1) is 7.11 Å². The van der Waals surface area contributed by atoms with Gasteiger partial charge in [0.1, 0.15) is 5.82 Å². The number of carbonyl (C=O) groups excluding carboxylic acids is 2. The zero-order valence-electron chi connectivity index (χ0n) is 18.1. The summed E-state index contributed by atoms with van der Waals surface area (Å²) in [4.78, 5) is 26.5. The number of esters is 1. The van der Waals surface area contributed by atoms with Crippen molar-refractivity contribution in [1.29, 1.82) is 0 Å². The SMILES string of the molecule is COC(=O)CCC1(c2ccc(F)cc2)CCCN(C(=O)NCCCc2ccccc2)C1. The van der Waals surface area contributed by atoms with Crippen LogP contribution in [0.3, 0.4) is 0 Å². The lowest BCUT2D eigenvalue weighted by Crippen LogP contribution is -2.52. The molecule has 1 fully saturated rings. The number of benzene rings is 2. The summed E-state index contributed by atoms with van der Waals surface area (Å²) in [6, 6.07) is 16.6. The number of methoxy groups -OCH3 is 1. The van der Waals surface area contributed by atoms with Crippen LogP contribution in [0.15, 0.2) is 54.6 Å². The normalized spacial score (nSPS) is 18.5. The Hall–Kier alpha value is -2.89. The minimum atomic E-state index is -0.387. The molecule has 5 nitrogen and oxygen atoms in total. The van der Waals surface area contributed by atoms with E-state index in [-0.39, 0.29) is 29.7 Å². The highest BCUT2D eigenvalue weighted by atomic mass is 19.1. The van der Waals surface area contributed by atoms with Gasteiger partial charge in [0, 0.05) is 31.5 Å². The van der Waals surface area contributed by atoms with Crippen molar-refractivity contribution >= 4 is 12.0 Å². The topological polar surface area (TPSA) is 58.6 Å². The summed E-state index contributed by atoms with van der Waals surface area (Å²) in [5.74, 6) is -0.570. The van der Waals surface area contributed by atoms with E-state index in [4.69, 9.17) is 4.74 Å². The molecular weight excluding hydrogens is 395 g/mol. The summed E-state index contributed by atoms with van der Waals surface area (Å²) in [5, 5.41) is 3.03. The number of halogens is 1. The molecular formula is C25H31FN2O3. The maximum atomic E-state index is 13.5. The van der Waals surface area contributed by atoms with Gasteiger partial charge < -0.3 is 15.0 Å². The fraction of sp³-hybridized carbons (Fsp3) is 0.440. The van der Waals surface area contributed by atoms with E-state index >= 15 is 0 Å². The third-order valence-electron chi connectivity index (χ3n) is 6.12. The Labute approximate surface area is 183 Å². The van der Waals surface area contributed by atoms with Crippen molar-refractivity contribution < 1.29 is 18.7 Å². The number of rotatable bonds is 8.